The molecule has 1 rings (SSSR count). The molecule has 1 aromatic rings. The summed E-state index contributed by atoms with van der Waals surface area (Å²) in [5.74, 6) is -0.425. The van der Waals surface area contributed by atoms with Crippen LogP contribution in [0.25, 0.3) is 0 Å². The standard InChI is InChI=1S/C15H21ClN2O2S/c1-4-6-10(3)17-15(21)18-11-7-8-12(13(16)9-11)14(19)20-5-2/h7-10H,4-6H2,1-3H3,(H2,17,18,21). The lowest BCUT2D eigenvalue weighted by molar-refractivity contribution is 0.0526. The first-order valence-corrected chi connectivity index (χ1v) is 7.80. The molecular formula is C15H21ClN2O2S. The molecular weight excluding hydrogens is 308 g/mol. The van der Waals surface area contributed by atoms with E-state index in [2.05, 4.69) is 24.5 Å². The Morgan fingerprint density at radius 3 is 2.71 bits per heavy atom. The fraction of sp³-hybridized carbons (Fsp3) is 0.467. The Balaban J connectivity index is 2.67. The van der Waals surface area contributed by atoms with Crippen LogP contribution in [0.3, 0.4) is 0 Å². The van der Waals surface area contributed by atoms with E-state index in [1.807, 2.05) is 0 Å². The van der Waals surface area contributed by atoms with Gasteiger partial charge in [-0.05, 0) is 50.7 Å². The number of nitrogens with one attached hydrogen (secondary N) is 2. The maximum atomic E-state index is 11.7. The van der Waals surface area contributed by atoms with Gasteiger partial charge in [0.1, 0.15) is 0 Å². The summed E-state index contributed by atoms with van der Waals surface area (Å²) in [6, 6.07) is 5.34. The van der Waals surface area contributed by atoms with Gasteiger partial charge in [0.15, 0.2) is 5.11 Å². The summed E-state index contributed by atoms with van der Waals surface area (Å²) in [4.78, 5) is 11.7. The first kappa shape index (κ1) is 17.7. The number of anilines is 1. The SMILES string of the molecule is CCCC(C)NC(=S)Nc1ccc(C(=O)OCC)c(Cl)c1. The molecule has 116 valence electrons. The molecule has 0 amide bonds. The zero-order chi connectivity index (χ0) is 15.8. The van der Waals surface area contributed by atoms with Gasteiger partial charge >= 0.3 is 5.97 Å². The van der Waals surface area contributed by atoms with Gasteiger partial charge in [0.05, 0.1) is 17.2 Å². The minimum absolute atomic E-state index is 0.310. The van der Waals surface area contributed by atoms with Crippen LogP contribution in [0.2, 0.25) is 5.02 Å². The number of benzene rings is 1. The van der Waals surface area contributed by atoms with Gasteiger partial charge < -0.3 is 15.4 Å². The molecule has 6 heteroatoms. The number of ether oxygens (including phenoxy) is 1. The van der Waals surface area contributed by atoms with E-state index in [1.165, 1.54) is 0 Å². The lowest BCUT2D eigenvalue weighted by atomic mass is 10.2. The van der Waals surface area contributed by atoms with Gasteiger partial charge in [0, 0.05) is 11.7 Å². The summed E-state index contributed by atoms with van der Waals surface area (Å²) in [7, 11) is 0. The normalized spacial score (nSPS) is 11.6. The molecule has 0 saturated heterocycles. The second-order valence-electron chi connectivity index (χ2n) is 4.70. The summed E-state index contributed by atoms with van der Waals surface area (Å²) < 4.78 is 4.93. The van der Waals surface area contributed by atoms with Crippen molar-refractivity contribution in [2.45, 2.75) is 39.7 Å². The van der Waals surface area contributed by atoms with Crippen molar-refractivity contribution in [2.24, 2.45) is 0 Å². The molecule has 0 aromatic heterocycles. The van der Waals surface area contributed by atoms with E-state index in [0.29, 0.717) is 28.3 Å². The molecule has 0 aliphatic heterocycles. The average Bonchev–Trinajstić information content (AvgIpc) is 2.38. The third-order valence-corrected chi connectivity index (χ3v) is 3.35. The minimum atomic E-state index is -0.425. The molecule has 0 heterocycles. The van der Waals surface area contributed by atoms with Gasteiger partial charge in [-0.2, -0.15) is 0 Å². The van der Waals surface area contributed by atoms with Crippen LogP contribution in [-0.2, 0) is 4.74 Å². The first-order valence-electron chi connectivity index (χ1n) is 7.02. The molecule has 0 aliphatic carbocycles. The topological polar surface area (TPSA) is 50.4 Å². The van der Waals surface area contributed by atoms with Crippen LogP contribution in [0, 0.1) is 0 Å². The van der Waals surface area contributed by atoms with Crippen molar-refractivity contribution in [1.29, 1.82) is 0 Å². The van der Waals surface area contributed by atoms with Gasteiger partial charge in [-0.1, -0.05) is 24.9 Å². The maximum Gasteiger partial charge on any atom is 0.339 e. The number of carbonyl (C=O) groups excluding carboxylic acids is 1. The Labute approximate surface area is 136 Å². The highest BCUT2D eigenvalue weighted by molar-refractivity contribution is 7.80. The van der Waals surface area contributed by atoms with E-state index in [0.717, 1.165) is 18.5 Å². The van der Waals surface area contributed by atoms with Crippen LogP contribution < -0.4 is 10.6 Å². The second-order valence-corrected chi connectivity index (χ2v) is 5.52. The van der Waals surface area contributed by atoms with Gasteiger partial charge in [0.25, 0.3) is 0 Å². The van der Waals surface area contributed by atoms with E-state index in [-0.39, 0.29) is 0 Å². The molecule has 4 nitrogen and oxygen atoms in total. The highest BCUT2D eigenvalue weighted by Crippen LogP contribution is 2.21. The summed E-state index contributed by atoms with van der Waals surface area (Å²) in [5, 5.41) is 7.12. The monoisotopic (exact) mass is 328 g/mol. The van der Waals surface area contributed by atoms with Crippen molar-refractivity contribution in [3.8, 4) is 0 Å². The molecule has 1 aromatic carbocycles. The van der Waals surface area contributed by atoms with Crippen molar-refractivity contribution < 1.29 is 9.53 Å². The fourth-order valence-electron chi connectivity index (χ4n) is 1.86. The third-order valence-electron chi connectivity index (χ3n) is 2.82. The van der Waals surface area contributed by atoms with Gasteiger partial charge in [0.2, 0.25) is 0 Å². The zero-order valence-corrected chi connectivity index (χ0v) is 14.1. The summed E-state index contributed by atoms with van der Waals surface area (Å²) in [5.41, 5.74) is 1.08. The Kier molecular flexibility index (Phi) is 7.47. The lowest BCUT2D eigenvalue weighted by Crippen LogP contribution is -2.35. The first-order chi connectivity index (χ1) is 9.97. The number of halogens is 1. The number of rotatable bonds is 6. The summed E-state index contributed by atoms with van der Waals surface area (Å²) in [6.45, 7) is 6.28. The van der Waals surface area contributed by atoms with Crippen LogP contribution in [0.15, 0.2) is 18.2 Å². The zero-order valence-electron chi connectivity index (χ0n) is 12.5. The number of hydrogen-bond donors (Lipinski definition) is 2. The van der Waals surface area contributed by atoms with Crippen molar-refractivity contribution in [2.75, 3.05) is 11.9 Å². The van der Waals surface area contributed by atoms with Crippen molar-refractivity contribution in [1.82, 2.24) is 5.32 Å². The number of hydrogen-bond acceptors (Lipinski definition) is 3. The van der Waals surface area contributed by atoms with Crippen molar-refractivity contribution >= 4 is 40.6 Å². The molecule has 0 bridgehead atoms. The predicted molar refractivity (Wildman–Crippen MR) is 91.1 cm³/mol. The quantitative estimate of drug-likeness (QED) is 0.611. The molecule has 0 radical (unpaired) electrons. The molecule has 0 aliphatic rings. The average molecular weight is 329 g/mol. The Morgan fingerprint density at radius 2 is 2.14 bits per heavy atom. The third kappa shape index (κ3) is 5.89. The molecule has 0 spiro atoms. The van der Waals surface area contributed by atoms with Crippen LogP contribution in [-0.4, -0.2) is 23.7 Å². The fourth-order valence-corrected chi connectivity index (χ4v) is 2.44. The van der Waals surface area contributed by atoms with Crippen LogP contribution in [0.1, 0.15) is 44.0 Å². The van der Waals surface area contributed by atoms with E-state index in [4.69, 9.17) is 28.6 Å². The van der Waals surface area contributed by atoms with E-state index < -0.39 is 5.97 Å². The van der Waals surface area contributed by atoms with Crippen LogP contribution >= 0.6 is 23.8 Å². The molecule has 2 N–H and O–H groups in total. The minimum Gasteiger partial charge on any atom is -0.462 e. The van der Waals surface area contributed by atoms with Crippen LogP contribution in [0.4, 0.5) is 5.69 Å². The van der Waals surface area contributed by atoms with E-state index >= 15 is 0 Å². The number of thiocarbonyl (C=S) groups is 1. The van der Waals surface area contributed by atoms with Crippen LogP contribution in [0.5, 0.6) is 0 Å². The maximum absolute atomic E-state index is 11.7. The lowest BCUT2D eigenvalue weighted by Gasteiger charge is -2.16. The van der Waals surface area contributed by atoms with Gasteiger partial charge in [-0.3, -0.25) is 0 Å². The molecule has 21 heavy (non-hydrogen) atoms. The highest BCUT2D eigenvalue weighted by Gasteiger charge is 2.12. The highest BCUT2D eigenvalue weighted by atomic mass is 35.5. The molecule has 0 fully saturated rings. The smallest absolute Gasteiger partial charge is 0.339 e. The van der Waals surface area contributed by atoms with E-state index in [9.17, 15) is 4.79 Å². The number of esters is 1. The van der Waals surface area contributed by atoms with Crippen molar-refractivity contribution in [3.05, 3.63) is 28.8 Å². The second kappa shape index (κ2) is 8.85. The summed E-state index contributed by atoms with van der Waals surface area (Å²) >= 11 is 11.3. The largest absolute Gasteiger partial charge is 0.462 e. The van der Waals surface area contributed by atoms with Gasteiger partial charge in [-0.15, -0.1) is 0 Å². The van der Waals surface area contributed by atoms with E-state index in [1.54, 1.807) is 25.1 Å². The molecule has 1 atom stereocenters. The van der Waals surface area contributed by atoms with Crippen molar-refractivity contribution in [3.63, 3.8) is 0 Å². The molecule has 1 unspecified atom stereocenters. The Hall–Kier alpha value is -1.33. The van der Waals surface area contributed by atoms with Gasteiger partial charge in [-0.25, -0.2) is 4.79 Å². The Morgan fingerprint density at radius 1 is 1.43 bits per heavy atom. The number of carbonyl (C=O) groups is 1. The predicted octanol–water partition coefficient (Wildman–Crippen LogP) is 3.99. The summed E-state index contributed by atoms with van der Waals surface area (Å²) in [6.07, 6.45) is 2.14. The molecule has 0 saturated carbocycles. The Bertz CT molecular complexity index is 508.